The zero-order chi connectivity index (χ0) is 16.2. The third-order valence-corrected chi connectivity index (χ3v) is 4.30. The summed E-state index contributed by atoms with van der Waals surface area (Å²) in [7, 11) is 2.76. The van der Waals surface area contributed by atoms with E-state index >= 15 is 0 Å². The predicted octanol–water partition coefficient (Wildman–Crippen LogP) is 2.07. The molecule has 0 aliphatic rings. The fraction of sp³-hybridized carbons (Fsp3) is 0.462. The zero-order valence-corrected chi connectivity index (χ0v) is 13.5. The summed E-state index contributed by atoms with van der Waals surface area (Å²) in [6.07, 6.45) is 0. The molecule has 0 aromatic heterocycles. The number of amides is 1. The van der Waals surface area contributed by atoms with E-state index in [0.717, 1.165) is 12.1 Å². The summed E-state index contributed by atoms with van der Waals surface area (Å²) in [4.78, 5) is 11.7. The lowest BCUT2D eigenvalue weighted by Crippen LogP contribution is -2.30. The lowest BCUT2D eigenvalue weighted by atomic mass is 10.1. The lowest BCUT2D eigenvalue weighted by Gasteiger charge is -2.13. The van der Waals surface area contributed by atoms with Crippen molar-refractivity contribution in [1.82, 2.24) is 5.32 Å². The first-order chi connectivity index (χ1) is 9.66. The molecule has 0 spiro atoms. The van der Waals surface area contributed by atoms with Crippen molar-refractivity contribution in [3.8, 4) is 0 Å². The van der Waals surface area contributed by atoms with Gasteiger partial charge in [-0.05, 0) is 30.5 Å². The fourth-order valence-electron chi connectivity index (χ4n) is 1.80. The van der Waals surface area contributed by atoms with E-state index in [4.69, 9.17) is 15.4 Å². The first-order valence-electron chi connectivity index (χ1n) is 6.18. The van der Waals surface area contributed by atoms with Crippen LogP contribution in [0.5, 0.6) is 0 Å². The Morgan fingerprint density at radius 1 is 1.48 bits per heavy atom. The zero-order valence-electron chi connectivity index (χ0n) is 11.9. The van der Waals surface area contributed by atoms with Crippen LogP contribution in [-0.2, 0) is 13.8 Å². The van der Waals surface area contributed by atoms with Gasteiger partial charge in [-0.2, -0.15) is 0 Å². The molecule has 1 amide bonds. The second kappa shape index (κ2) is 7.20. The van der Waals surface area contributed by atoms with Gasteiger partial charge < -0.3 is 10.1 Å². The maximum Gasteiger partial charge on any atom is 0.261 e. The SMILES string of the molecule is COCC(C)CNC(=O)c1cc(S(=O)(=O)Cl)c(C)cc1F. The van der Waals surface area contributed by atoms with E-state index in [0.29, 0.717) is 6.61 Å². The van der Waals surface area contributed by atoms with Crippen LogP contribution < -0.4 is 5.32 Å². The van der Waals surface area contributed by atoms with Crippen LogP contribution in [0.25, 0.3) is 0 Å². The molecule has 5 nitrogen and oxygen atoms in total. The molecule has 8 heteroatoms. The maximum atomic E-state index is 13.8. The molecule has 0 heterocycles. The topological polar surface area (TPSA) is 72.5 Å². The molecule has 1 N–H and O–H groups in total. The number of aryl methyl sites for hydroxylation is 1. The lowest BCUT2D eigenvalue weighted by molar-refractivity contribution is 0.0930. The van der Waals surface area contributed by atoms with E-state index in [1.165, 1.54) is 14.0 Å². The summed E-state index contributed by atoms with van der Waals surface area (Å²) in [5, 5.41) is 2.53. The quantitative estimate of drug-likeness (QED) is 0.807. The van der Waals surface area contributed by atoms with Crippen LogP contribution in [0.3, 0.4) is 0 Å². The van der Waals surface area contributed by atoms with Crippen molar-refractivity contribution in [1.29, 1.82) is 0 Å². The van der Waals surface area contributed by atoms with E-state index in [1.807, 2.05) is 6.92 Å². The number of hydrogen-bond acceptors (Lipinski definition) is 4. The first kappa shape index (κ1) is 17.9. The molecule has 0 radical (unpaired) electrons. The number of carbonyl (C=O) groups excluding carboxylic acids is 1. The van der Waals surface area contributed by atoms with Gasteiger partial charge in [0, 0.05) is 24.3 Å². The summed E-state index contributed by atoms with van der Waals surface area (Å²) in [6, 6.07) is 1.92. The van der Waals surface area contributed by atoms with E-state index in [2.05, 4.69) is 5.32 Å². The highest BCUT2D eigenvalue weighted by Gasteiger charge is 2.20. The second-order valence-corrected chi connectivity index (χ2v) is 7.34. The molecule has 0 saturated carbocycles. The summed E-state index contributed by atoms with van der Waals surface area (Å²) in [6.45, 7) is 3.98. The van der Waals surface area contributed by atoms with Gasteiger partial charge in [0.05, 0.1) is 17.1 Å². The Labute approximate surface area is 127 Å². The summed E-state index contributed by atoms with van der Waals surface area (Å²) < 4.78 is 41.5. The minimum Gasteiger partial charge on any atom is -0.384 e. The van der Waals surface area contributed by atoms with Gasteiger partial charge in [-0.3, -0.25) is 4.79 Å². The number of hydrogen-bond donors (Lipinski definition) is 1. The van der Waals surface area contributed by atoms with Crippen LogP contribution in [0.4, 0.5) is 4.39 Å². The van der Waals surface area contributed by atoms with Crippen molar-refractivity contribution < 1.29 is 22.3 Å². The van der Waals surface area contributed by atoms with Gasteiger partial charge in [-0.25, -0.2) is 12.8 Å². The van der Waals surface area contributed by atoms with Crippen molar-refractivity contribution in [3.05, 3.63) is 29.1 Å². The van der Waals surface area contributed by atoms with Gasteiger partial charge in [0.1, 0.15) is 5.82 Å². The molecule has 21 heavy (non-hydrogen) atoms. The van der Waals surface area contributed by atoms with Crippen LogP contribution in [0.1, 0.15) is 22.8 Å². The Kier molecular flexibility index (Phi) is 6.12. The highest BCUT2D eigenvalue weighted by molar-refractivity contribution is 8.13. The Bertz CT molecular complexity index is 633. The summed E-state index contributed by atoms with van der Waals surface area (Å²) >= 11 is 0. The number of ether oxygens (including phenoxy) is 1. The molecule has 1 rings (SSSR count). The molecule has 0 saturated heterocycles. The average molecular weight is 338 g/mol. The van der Waals surface area contributed by atoms with E-state index in [1.54, 1.807) is 0 Å². The largest absolute Gasteiger partial charge is 0.384 e. The maximum absolute atomic E-state index is 13.8. The normalized spacial score (nSPS) is 13.0. The highest BCUT2D eigenvalue weighted by atomic mass is 35.7. The highest BCUT2D eigenvalue weighted by Crippen LogP contribution is 2.23. The van der Waals surface area contributed by atoms with Crippen LogP contribution in [0, 0.1) is 18.7 Å². The van der Waals surface area contributed by atoms with E-state index < -0.39 is 20.8 Å². The Balaban J connectivity index is 3.00. The molecule has 0 fully saturated rings. The predicted molar refractivity (Wildman–Crippen MR) is 77.5 cm³/mol. The van der Waals surface area contributed by atoms with Crippen molar-refractivity contribution in [2.45, 2.75) is 18.7 Å². The third kappa shape index (κ3) is 4.94. The molecule has 0 aliphatic carbocycles. The summed E-state index contributed by atoms with van der Waals surface area (Å²) in [5.41, 5.74) is -0.212. The Hall–Kier alpha value is -1.18. The number of methoxy groups -OCH3 is 1. The van der Waals surface area contributed by atoms with Crippen LogP contribution >= 0.6 is 10.7 Å². The average Bonchev–Trinajstić information content (AvgIpc) is 2.34. The molecule has 1 atom stereocenters. The van der Waals surface area contributed by atoms with Crippen molar-refractivity contribution >= 4 is 25.6 Å². The molecule has 0 bridgehead atoms. The molecule has 1 aromatic rings. The molecular formula is C13H17ClFNO4S. The number of carbonyl (C=O) groups is 1. The smallest absolute Gasteiger partial charge is 0.261 e. The standard InChI is InChI=1S/C13H17ClFNO4S/c1-8(7-20-3)6-16-13(17)10-5-12(21(14,18)19)9(2)4-11(10)15/h4-5,8H,6-7H2,1-3H3,(H,16,17). The van der Waals surface area contributed by atoms with E-state index in [9.17, 15) is 17.6 Å². The van der Waals surface area contributed by atoms with Crippen molar-refractivity contribution in [2.75, 3.05) is 20.3 Å². The van der Waals surface area contributed by atoms with Gasteiger partial charge >= 0.3 is 0 Å². The van der Waals surface area contributed by atoms with Crippen molar-refractivity contribution in [3.63, 3.8) is 0 Å². The van der Waals surface area contributed by atoms with Gasteiger partial charge in [0.2, 0.25) is 0 Å². The second-order valence-electron chi connectivity index (χ2n) is 4.81. The van der Waals surface area contributed by atoms with Gasteiger partial charge in [-0.1, -0.05) is 6.92 Å². The van der Waals surface area contributed by atoms with Gasteiger partial charge in [0.15, 0.2) is 0 Å². The van der Waals surface area contributed by atoms with Gasteiger partial charge in [-0.15, -0.1) is 0 Å². The molecule has 1 unspecified atom stereocenters. The van der Waals surface area contributed by atoms with Crippen LogP contribution in [-0.4, -0.2) is 34.6 Å². The molecule has 118 valence electrons. The fourth-order valence-corrected chi connectivity index (χ4v) is 3.00. The molecular weight excluding hydrogens is 321 g/mol. The number of rotatable bonds is 6. The monoisotopic (exact) mass is 337 g/mol. The minimum atomic E-state index is -4.04. The first-order valence-corrected chi connectivity index (χ1v) is 8.49. The van der Waals surface area contributed by atoms with E-state index in [-0.39, 0.29) is 28.5 Å². The Morgan fingerprint density at radius 3 is 2.62 bits per heavy atom. The third-order valence-electron chi connectivity index (χ3n) is 2.83. The van der Waals surface area contributed by atoms with Crippen molar-refractivity contribution in [2.24, 2.45) is 5.92 Å². The van der Waals surface area contributed by atoms with Crippen LogP contribution in [0.2, 0.25) is 0 Å². The minimum absolute atomic E-state index is 0.0451. The molecule has 0 aliphatic heterocycles. The molecule has 1 aromatic carbocycles. The number of nitrogens with one attached hydrogen (secondary N) is 1. The number of benzene rings is 1. The summed E-state index contributed by atoms with van der Waals surface area (Å²) in [5.74, 6) is -1.45. The van der Waals surface area contributed by atoms with Crippen LogP contribution in [0.15, 0.2) is 17.0 Å². The number of halogens is 2. The Morgan fingerprint density at radius 2 is 2.10 bits per heavy atom. The van der Waals surface area contributed by atoms with Gasteiger partial charge in [0.25, 0.3) is 15.0 Å².